The molecule has 3 amide bonds. The molecule has 1 N–H and O–H groups in total. The van der Waals surface area contributed by atoms with Crippen LogP contribution in [0.15, 0.2) is 11.8 Å². The van der Waals surface area contributed by atoms with Crippen molar-refractivity contribution < 1.29 is 9.59 Å². The minimum atomic E-state index is -0.555. The number of nitrogens with zero attached hydrogens (tertiary/aromatic N) is 1. The van der Waals surface area contributed by atoms with Crippen molar-refractivity contribution in [3.05, 3.63) is 11.8 Å². The zero-order valence-corrected chi connectivity index (χ0v) is 7.97. The highest BCUT2D eigenvalue weighted by Gasteiger charge is 2.04. The normalized spacial score (nSPS) is 10.8. The monoisotopic (exact) mass is 188 g/mol. The Bertz CT molecular complexity index is 204. The molecule has 4 nitrogen and oxygen atoms in total. The van der Waals surface area contributed by atoms with Gasteiger partial charge in [-0.15, -0.1) is 0 Å². The molecular weight excluding hydrogens is 176 g/mol. The Morgan fingerprint density at radius 3 is 2.67 bits per heavy atom. The van der Waals surface area contributed by atoms with Gasteiger partial charge < -0.3 is 0 Å². The molecule has 0 aliphatic carbocycles. The molecule has 0 saturated heterocycles. The molecule has 68 valence electrons. The first-order valence-electron chi connectivity index (χ1n) is 3.51. The Morgan fingerprint density at radius 2 is 2.25 bits per heavy atom. The average Bonchev–Trinajstić information content (AvgIpc) is 2.04. The maximum atomic E-state index is 10.9. The van der Waals surface area contributed by atoms with Gasteiger partial charge in [-0.25, -0.2) is 9.10 Å². The van der Waals surface area contributed by atoms with Crippen molar-refractivity contribution in [2.45, 2.75) is 20.3 Å². The lowest BCUT2D eigenvalue weighted by Gasteiger charge is -2.09. The van der Waals surface area contributed by atoms with Crippen molar-refractivity contribution in [2.75, 3.05) is 0 Å². The molecule has 0 aromatic heterocycles. The Morgan fingerprint density at radius 1 is 1.67 bits per heavy atom. The summed E-state index contributed by atoms with van der Waals surface area (Å²) in [4.78, 5) is 20.7. The van der Waals surface area contributed by atoms with Crippen molar-refractivity contribution in [1.29, 1.82) is 0 Å². The van der Waals surface area contributed by atoms with Gasteiger partial charge in [0, 0.05) is 6.20 Å². The fourth-order valence-electron chi connectivity index (χ4n) is 0.475. The van der Waals surface area contributed by atoms with Gasteiger partial charge >= 0.3 is 6.03 Å². The molecule has 0 rings (SSSR count). The molecule has 0 spiro atoms. The van der Waals surface area contributed by atoms with E-state index in [0.29, 0.717) is 6.41 Å². The standard InChI is InChI=1S/C7H12N2O2S/c1-3-6(2)4-9(12)7(11)8-5-10/h4-5,12H,3H2,1-2H3,(H,8,10,11)/b6-4-. The predicted octanol–water partition coefficient (Wildman–Crippen LogP) is 1.31. The summed E-state index contributed by atoms with van der Waals surface area (Å²) in [7, 11) is 0. The summed E-state index contributed by atoms with van der Waals surface area (Å²) >= 11 is 3.84. The van der Waals surface area contributed by atoms with E-state index < -0.39 is 6.03 Å². The molecule has 0 radical (unpaired) electrons. The van der Waals surface area contributed by atoms with E-state index >= 15 is 0 Å². The first kappa shape index (κ1) is 11.0. The van der Waals surface area contributed by atoms with Gasteiger partial charge in [-0.1, -0.05) is 25.3 Å². The number of allylic oxidation sites excluding steroid dienone is 1. The molecule has 0 fully saturated rings. The van der Waals surface area contributed by atoms with Crippen LogP contribution in [0, 0.1) is 0 Å². The molecule has 0 aliphatic rings. The van der Waals surface area contributed by atoms with E-state index in [1.165, 1.54) is 0 Å². The van der Waals surface area contributed by atoms with Crippen LogP contribution in [-0.4, -0.2) is 16.7 Å². The van der Waals surface area contributed by atoms with Crippen molar-refractivity contribution in [3.63, 3.8) is 0 Å². The van der Waals surface area contributed by atoms with Crippen LogP contribution in [0.2, 0.25) is 0 Å². The number of carbonyl (C=O) groups is 2. The van der Waals surface area contributed by atoms with Crippen molar-refractivity contribution in [3.8, 4) is 0 Å². The second-order valence-electron chi connectivity index (χ2n) is 2.24. The maximum Gasteiger partial charge on any atom is 0.337 e. The highest BCUT2D eigenvalue weighted by Crippen LogP contribution is 2.03. The third-order valence-electron chi connectivity index (χ3n) is 1.29. The van der Waals surface area contributed by atoms with Crippen LogP contribution >= 0.6 is 12.8 Å². The topological polar surface area (TPSA) is 49.4 Å². The average molecular weight is 188 g/mol. The highest BCUT2D eigenvalue weighted by molar-refractivity contribution is 7.78. The van der Waals surface area contributed by atoms with Crippen LogP contribution in [0.3, 0.4) is 0 Å². The van der Waals surface area contributed by atoms with E-state index in [9.17, 15) is 9.59 Å². The number of thiol groups is 1. The molecule has 0 unspecified atom stereocenters. The van der Waals surface area contributed by atoms with Crippen LogP contribution in [0.5, 0.6) is 0 Å². The molecule has 0 heterocycles. The summed E-state index contributed by atoms with van der Waals surface area (Å²) in [6.07, 6.45) is 2.72. The zero-order valence-electron chi connectivity index (χ0n) is 7.07. The smallest absolute Gasteiger partial charge is 0.280 e. The second kappa shape index (κ2) is 5.65. The molecule has 12 heavy (non-hydrogen) atoms. The van der Waals surface area contributed by atoms with Crippen molar-refractivity contribution in [1.82, 2.24) is 9.62 Å². The van der Waals surface area contributed by atoms with Gasteiger partial charge in [0.05, 0.1) is 0 Å². The highest BCUT2D eigenvalue weighted by atomic mass is 32.1. The van der Waals surface area contributed by atoms with E-state index in [-0.39, 0.29) is 0 Å². The lowest BCUT2D eigenvalue weighted by molar-refractivity contribution is -0.108. The predicted molar refractivity (Wildman–Crippen MR) is 49.5 cm³/mol. The lowest BCUT2D eigenvalue weighted by atomic mass is 10.3. The van der Waals surface area contributed by atoms with Gasteiger partial charge in [0.25, 0.3) is 0 Å². The summed E-state index contributed by atoms with van der Waals surface area (Å²) in [5, 5.41) is 1.96. The van der Waals surface area contributed by atoms with Gasteiger partial charge in [-0.3, -0.25) is 10.1 Å². The van der Waals surface area contributed by atoms with Gasteiger partial charge in [-0.2, -0.15) is 0 Å². The summed E-state index contributed by atoms with van der Waals surface area (Å²) in [6.45, 7) is 3.84. The Kier molecular flexibility index (Phi) is 5.19. The number of urea groups is 1. The quantitative estimate of drug-likeness (QED) is 0.518. The van der Waals surface area contributed by atoms with Gasteiger partial charge in [-0.05, 0) is 13.3 Å². The molecule has 0 aliphatic heterocycles. The molecule has 5 heteroatoms. The molecule has 0 aromatic carbocycles. The van der Waals surface area contributed by atoms with Gasteiger partial charge in [0.1, 0.15) is 0 Å². The SMILES string of the molecule is CC/C(C)=C\N(S)C(=O)NC=O. The third kappa shape index (κ3) is 4.02. The number of carbonyl (C=O) groups excluding carboxylic acids is 2. The fourth-order valence-corrected chi connectivity index (χ4v) is 0.730. The summed E-state index contributed by atoms with van der Waals surface area (Å²) in [5.41, 5.74) is 1.01. The summed E-state index contributed by atoms with van der Waals surface area (Å²) in [6, 6.07) is -0.555. The van der Waals surface area contributed by atoms with Crippen LogP contribution in [0.4, 0.5) is 4.79 Å². The lowest BCUT2D eigenvalue weighted by Crippen LogP contribution is -2.29. The second-order valence-corrected chi connectivity index (χ2v) is 2.67. The van der Waals surface area contributed by atoms with Crippen LogP contribution < -0.4 is 5.32 Å². The van der Waals surface area contributed by atoms with E-state index in [2.05, 4.69) is 12.8 Å². The van der Waals surface area contributed by atoms with Gasteiger partial charge in [0.2, 0.25) is 6.41 Å². The zero-order chi connectivity index (χ0) is 9.56. The minimum absolute atomic E-state index is 0.320. The van der Waals surface area contributed by atoms with Gasteiger partial charge in [0.15, 0.2) is 0 Å². The molecule has 0 atom stereocenters. The number of hydrogen-bond acceptors (Lipinski definition) is 3. The molecule has 0 bridgehead atoms. The number of rotatable bonds is 3. The minimum Gasteiger partial charge on any atom is -0.280 e. The maximum absolute atomic E-state index is 10.9. The number of imide groups is 1. The fraction of sp³-hybridized carbons (Fsp3) is 0.429. The van der Waals surface area contributed by atoms with E-state index in [4.69, 9.17) is 0 Å². The first-order valence-corrected chi connectivity index (χ1v) is 3.91. The summed E-state index contributed by atoms with van der Waals surface area (Å²) in [5.74, 6) is 0. The number of amides is 3. The van der Waals surface area contributed by atoms with Crippen LogP contribution in [-0.2, 0) is 4.79 Å². The first-order chi connectivity index (χ1) is 5.61. The number of hydrogen-bond donors (Lipinski definition) is 2. The van der Waals surface area contributed by atoms with Crippen LogP contribution in [0.1, 0.15) is 20.3 Å². The van der Waals surface area contributed by atoms with E-state index in [1.807, 2.05) is 19.2 Å². The Hall–Kier alpha value is -0.970. The third-order valence-corrected chi connectivity index (χ3v) is 1.59. The van der Waals surface area contributed by atoms with E-state index in [1.54, 1.807) is 6.20 Å². The molecule has 0 aromatic rings. The molecular formula is C7H12N2O2S. The number of nitrogens with one attached hydrogen (secondary N) is 1. The Labute approximate surface area is 77.2 Å². The van der Waals surface area contributed by atoms with Crippen LogP contribution in [0.25, 0.3) is 0 Å². The van der Waals surface area contributed by atoms with Crippen molar-refractivity contribution in [2.24, 2.45) is 0 Å². The van der Waals surface area contributed by atoms with E-state index in [0.717, 1.165) is 16.3 Å². The molecule has 0 saturated carbocycles. The van der Waals surface area contributed by atoms with Crippen molar-refractivity contribution >= 4 is 25.3 Å². The Balaban J connectivity index is 4.10. The largest absolute Gasteiger partial charge is 0.337 e. The summed E-state index contributed by atoms with van der Waals surface area (Å²) < 4.78 is 1.03.